The zero-order valence-corrected chi connectivity index (χ0v) is 30.6. The van der Waals surface area contributed by atoms with Crippen LogP contribution in [0.25, 0.3) is 32.9 Å². The number of aryl methyl sites for hydroxylation is 6. The quantitative estimate of drug-likeness (QED) is 0.159. The van der Waals surface area contributed by atoms with Gasteiger partial charge in [-0.1, -0.05) is 29.3 Å². The number of hydrogen-bond donors (Lipinski definition) is 1. The van der Waals surface area contributed by atoms with Gasteiger partial charge >= 0.3 is 5.97 Å². The third kappa shape index (κ3) is 5.32. The van der Waals surface area contributed by atoms with Crippen LogP contribution >= 0.6 is 23.2 Å². The molecule has 6 aromatic rings. The number of carboxylic acids is 1. The van der Waals surface area contributed by atoms with E-state index in [9.17, 15) is 14.7 Å². The van der Waals surface area contributed by atoms with E-state index in [0.717, 1.165) is 66.4 Å². The van der Waals surface area contributed by atoms with Crippen LogP contribution in [0.2, 0.25) is 10.0 Å². The maximum atomic E-state index is 14.9. The topological polar surface area (TPSA) is 107 Å². The number of hydrogen-bond acceptors (Lipinski definition) is 5. The molecule has 7 rings (SSSR count). The number of aromatic carboxylic acids is 1. The number of anilines is 1. The number of carboxylic acid groups (broad SMARTS) is 1. The molecule has 258 valence electrons. The summed E-state index contributed by atoms with van der Waals surface area (Å²) in [6.45, 7) is 10.8. The molecule has 0 saturated heterocycles. The Morgan fingerprint density at radius 2 is 1.68 bits per heavy atom. The first-order chi connectivity index (χ1) is 23.8. The first-order valence-electron chi connectivity index (χ1n) is 16.6. The van der Waals surface area contributed by atoms with Gasteiger partial charge in [0.15, 0.2) is 5.82 Å². The number of ether oxygens (including phenoxy) is 1. The molecule has 0 bridgehead atoms. The molecule has 50 heavy (non-hydrogen) atoms. The lowest BCUT2D eigenvalue weighted by Crippen LogP contribution is -2.43. The van der Waals surface area contributed by atoms with Gasteiger partial charge in [-0.3, -0.25) is 19.1 Å². The van der Waals surface area contributed by atoms with Crippen LogP contribution in [-0.2, 0) is 20.5 Å². The Morgan fingerprint density at radius 3 is 2.34 bits per heavy atom. The maximum absolute atomic E-state index is 14.9. The number of nitrogens with zero attached hydrogens (tertiary/aromatic N) is 6. The van der Waals surface area contributed by atoms with Gasteiger partial charge in [-0.05, 0) is 101 Å². The molecule has 1 N–H and O–H groups in total. The van der Waals surface area contributed by atoms with E-state index in [0.29, 0.717) is 47.9 Å². The van der Waals surface area contributed by atoms with Crippen LogP contribution in [0.4, 0.5) is 5.82 Å². The molecule has 12 heteroatoms. The fourth-order valence-electron chi connectivity index (χ4n) is 7.49. The number of halogens is 2. The summed E-state index contributed by atoms with van der Waals surface area (Å²) < 4.78 is 11.9. The molecule has 4 heterocycles. The molecule has 3 aromatic carbocycles. The number of amides is 1. The standard InChI is InChI=1S/C38H38Cl2N6O4/c1-19-15-25(16-20(2)33(19)40)50-14-8-9-26-27-11-12-29(39)32(31-22(4)41-43(6)23(31)5)34(27)46-21(3)18-45(37(47)35(26)46)36-28-17-24(38(48)49)10-13-30(28)44(7)42-36/h10-13,15-17,21H,8-9,14,18H2,1-7H3,(H,48,49). The Morgan fingerprint density at radius 1 is 0.960 bits per heavy atom. The summed E-state index contributed by atoms with van der Waals surface area (Å²) in [7, 11) is 3.71. The first kappa shape index (κ1) is 33.7. The molecule has 0 fully saturated rings. The van der Waals surface area contributed by atoms with Gasteiger partial charge in [-0.2, -0.15) is 10.2 Å². The Hall–Kier alpha value is -4.80. The van der Waals surface area contributed by atoms with Crippen molar-refractivity contribution in [3.63, 3.8) is 0 Å². The van der Waals surface area contributed by atoms with Gasteiger partial charge in [0.25, 0.3) is 5.91 Å². The lowest BCUT2D eigenvalue weighted by atomic mass is 9.98. The van der Waals surface area contributed by atoms with Crippen molar-refractivity contribution >= 4 is 62.7 Å². The van der Waals surface area contributed by atoms with E-state index in [1.54, 1.807) is 34.8 Å². The van der Waals surface area contributed by atoms with Crippen LogP contribution in [0, 0.1) is 27.7 Å². The minimum atomic E-state index is -1.04. The molecular formula is C38H38Cl2N6O4. The highest BCUT2D eigenvalue weighted by molar-refractivity contribution is 6.35. The molecular weight excluding hydrogens is 675 g/mol. The van der Waals surface area contributed by atoms with Crippen LogP contribution in [0.1, 0.15) is 68.3 Å². The predicted octanol–water partition coefficient (Wildman–Crippen LogP) is 8.40. The lowest BCUT2D eigenvalue weighted by molar-refractivity contribution is 0.0696. The van der Waals surface area contributed by atoms with Gasteiger partial charge in [0.05, 0.1) is 33.9 Å². The molecule has 1 unspecified atom stereocenters. The Kier molecular flexibility index (Phi) is 8.43. The lowest BCUT2D eigenvalue weighted by Gasteiger charge is -2.33. The summed E-state index contributed by atoms with van der Waals surface area (Å²) in [6.07, 6.45) is 1.21. The van der Waals surface area contributed by atoms with Gasteiger partial charge < -0.3 is 14.4 Å². The van der Waals surface area contributed by atoms with Crippen molar-refractivity contribution in [3.05, 3.63) is 91.8 Å². The van der Waals surface area contributed by atoms with Crippen LogP contribution in [0.5, 0.6) is 5.75 Å². The average Bonchev–Trinajstić information content (AvgIpc) is 3.67. The SMILES string of the molecule is Cc1cc(OCCCc2c3n(c4c(-c5c(C)nn(C)c5C)c(Cl)ccc24)C(C)CN(c2nn(C)c4ccc(C(=O)O)cc24)C3=O)cc(C)c1Cl. The van der Waals surface area contributed by atoms with Crippen molar-refractivity contribution in [2.24, 2.45) is 14.1 Å². The molecule has 0 spiro atoms. The number of rotatable bonds is 8. The minimum absolute atomic E-state index is 0.131. The minimum Gasteiger partial charge on any atom is -0.494 e. The van der Waals surface area contributed by atoms with Crippen molar-refractivity contribution in [2.75, 3.05) is 18.1 Å². The van der Waals surface area contributed by atoms with Crippen molar-refractivity contribution in [1.29, 1.82) is 0 Å². The molecule has 10 nitrogen and oxygen atoms in total. The van der Waals surface area contributed by atoms with Crippen LogP contribution in [-0.4, -0.2) is 54.3 Å². The molecule has 1 aliphatic rings. The zero-order valence-electron chi connectivity index (χ0n) is 29.1. The number of benzene rings is 3. The summed E-state index contributed by atoms with van der Waals surface area (Å²) in [5, 5.41) is 22.1. The monoisotopic (exact) mass is 712 g/mol. The third-order valence-electron chi connectivity index (χ3n) is 9.90. The number of aromatic nitrogens is 5. The maximum Gasteiger partial charge on any atom is 0.335 e. The van der Waals surface area contributed by atoms with E-state index in [2.05, 4.69) is 11.5 Å². The summed E-state index contributed by atoms with van der Waals surface area (Å²) in [4.78, 5) is 28.5. The largest absolute Gasteiger partial charge is 0.494 e. The predicted molar refractivity (Wildman–Crippen MR) is 197 cm³/mol. The van der Waals surface area contributed by atoms with Crippen molar-refractivity contribution < 1.29 is 19.4 Å². The van der Waals surface area contributed by atoms with Crippen molar-refractivity contribution in [2.45, 2.75) is 53.5 Å². The summed E-state index contributed by atoms with van der Waals surface area (Å²) in [6, 6.07) is 12.5. The summed E-state index contributed by atoms with van der Waals surface area (Å²) >= 11 is 13.4. The molecule has 1 atom stereocenters. The highest BCUT2D eigenvalue weighted by Crippen LogP contribution is 2.45. The van der Waals surface area contributed by atoms with E-state index in [1.165, 1.54) is 0 Å². The fraction of sp³-hybridized carbons (Fsp3) is 0.316. The second-order valence-electron chi connectivity index (χ2n) is 13.3. The molecule has 3 aromatic heterocycles. The van der Waals surface area contributed by atoms with Gasteiger partial charge in [-0.15, -0.1) is 0 Å². The first-order valence-corrected chi connectivity index (χ1v) is 17.3. The highest BCUT2D eigenvalue weighted by Gasteiger charge is 2.38. The van der Waals surface area contributed by atoms with Gasteiger partial charge in [0, 0.05) is 59.3 Å². The van der Waals surface area contributed by atoms with E-state index < -0.39 is 5.97 Å². The normalized spacial score (nSPS) is 14.6. The second kappa shape index (κ2) is 12.5. The third-order valence-corrected chi connectivity index (χ3v) is 10.8. The molecule has 0 aliphatic carbocycles. The van der Waals surface area contributed by atoms with E-state index in [1.807, 2.05) is 63.7 Å². The van der Waals surface area contributed by atoms with Crippen molar-refractivity contribution in [1.82, 2.24) is 24.1 Å². The summed E-state index contributed by atoms with van der Waals surface area (Å²) in [5.41, 5.74) is 8.76. The van der Waals surface area contributed by atoms with E-state index in [-0.39, 0.29) is 17.5 Å². The zero-order chi connectivity index (χ0) is 35.8. The van der Waals surface area contributed by atoms with Gasteiger partial charge in [0.2, 0.25) is 0 Å². The van der Waals surface area contributed by atoms with Gasteiger partial charge in [-0.25, -0.2) is 4.79 Å². The average molecular weight is 714 g/mol. The van der Waals surface area contributed by atoms with E-state index in [4.69, 9.17) is 38.1 Å². The number of carbonyl (C=O) groups excluding carboxylic acids is 1. The van der Waals surface area contributed by atoms with Crippen LogP contribution in [0.3, 0.4) is 0 Å². The molecule has 0 saturated carbocycles. The second-order valence-corrected chi connectivity index (χ2v) is 14.0. The number of carbonyl (C=O) groups is 2. The number of fused-ring (bicyclic) bond motifs is 4. The smallest absolute Gasteiger partial charge is 0.335 e. The highest BCUT2D eigenvalue weighted by atomic mass is 35.5. The Bertz CT molecular complexity index is 2360. The van der Waals surface area contributed by atoms with Gasteiger partial charge in [0.1, 0.15) is 11.4 Å². The molecule has 0 radical (unpaired) electrons. The van der Waals surface area contributed by atoms with Crippen LogP contribution in [0.15, 0.2) is 42.5 Å². The van der Waals surface area contributed by atoms with Crippen molar-refractivity contribution in [3.8, 4) is 16.9 Å². The molecule has 1 amide bonds. The Balaban J connectivity index is 1.38. The summed E-state index contributed by atoms with van der Waals surface area (Å²) in [5.74, 6) is -0.0667. The molecule has 1 aliphatic heterocycles. The van der Waals surface area contributed by atoms with Crippen LogP contribution < -0.4 is 9.64 Å². The fourth-order valence-corrected chi connectivity index (χ4v) is 7.85. The van der Waals surface area contributed by atoms with E-state index >= 15 is 0 Å². The Labute approximate surface area is 299 Å².